The van der Waals surface area contributed by atoms with Crippen molar-refractivity contribution < 1.29 is 14.3 Å². The van der Waals surface area contributed by atoms with Gasteiger partial charge < -0.3 is 4.74 Å². The second-order valence-corrected chi connectivity index (χ2v) is 6.09. The number of benzene rings is 2. The second-order valence-electron chi connectivity index (χ2n) is 5.71. The zero-order valence-corrected chi connectivity index (χ0v) is 14.3. The number of hydrogen-bond acceptors (Lipinski definition) is 3. The van der Waals surface area contributed by atoms with Crippen molar-refractivity contribution in [1.82, 2.24) is 0 Å². The van der Waals surface area contributed by atoms with E-state index in [1.165, 1.54) is 0 Å². The monoisotopic (exact) mass is 341 g/mol. The topological polar surface area (TPSA) is 46.6 Å². The molecule has 1 aliphatic heterocycles. The van der Waals surface area contributed by atoms with Gasteiger partial charge in [0.05, 0.1) is 18.4 Å². The van der Waals surface area contributed by atoms with Crippen LogP contribution in [0, 0.1) is 13.8 Å². The number of imide groups is 1. The van der Waals surface area contributed by atoms with Crippen molar-refractivity contribution in [2.45, 2.75) is 13.8 Å². The van der Waals surface area contributed by atoms with Gasteiger partial charge in [0.25, 0.3) is 11.8 Å². The number of hydrogen-bond donors (Lipinski definition) is 0. The van der Waals surface area contributed by atoms with Gasteiger partial charge in [0.1, 0.15) is 10.8 Å². The van der Waals surface area contributed by atoms with E-state index in [0.717, 1.165) is 16.0 Å². The fourth-order valence-corrected chi connectivity index (χ4v) is 3.10. The zero-order valence-electron chi connectivity index (χ0n) is 13.6. The molecule has 24 heavy (non-hydrogen) atoms. The fourth-order valence-electron chi connectivity index (χ4n) is 2.83. The van der Waals surface area contributed by atoms with Crippen LogP contribution in [0.15, 0.2) is 47.5 Å². The third-order valence-corrected chi connectivity index (χ3v) is 4.22. The summed E-state index contributed by atoms with van der Waals surface area (Å²) < 4.78 is 5.11. The molecular weight excluding hydrogens is 326 g/mol. The van der Waals surface area contributed by atoms with Crippen molar-refractivity contribution in [2.75, 3.05) is 12.0 Å². The van der Waals surface area contributed by atoms with Gasteiger partial charge in [-0.15, -0.1) is 0 Å². The first kappa shape index (κ1) is 16.3. The second kappa shape index (κ2) is 6.13. The highest BCUT2D eigenvalue weighted by molar-refractivity contribution is 6.60. The van der Waals surface area contributed by atoms with Crippen LogP contribution in [0.25, 0.3) is 5.57 Å². The van der Waals surface area contributed by atoms with Crippen molar-refractivity contribution in [3.63, 3.8) is 0 Å². The molecule has 5 heteroatoms. The highest BCUT2D eigenvalue weighted by Gasteiger charge is 2.39. The molecule has 122 valence electrons. The van der Waals surface area contributed by atoms with Crippen LogP contribution >= 0.6 is 11.6 Å². The number of carbonyl (C=O) groups is 2. The van der Waals surface area contributed by atoms with E-state index < -0.39 is 11.8 Å². The quantitative estimate of drug-likeness (QED) is 0.797. The molecule has 0 N–H and O–H groups in total. The van der Waals surface area contributed by atoms with Crippen LogP contribution in [0.2, 0.25) is 0 Å². The minimum Gasteiger partial charge on any atom is -0.497 e. The minimum atomic E-state index is -0.502. The molecule has 2 amide bonds. The summed E-state index contributed by atoms with van der Waals surface area (Å²) in [5.74, 6) is -0.254. The van der Waals surface area contributed by atoms with E-state index in [2.05, 4.69) is 0 Å². The van der Waals surface area contributed by atoms with E-state index in [9.17, 15) is 9.59 Å². The van der Waals surface area contributed by atoms with Gasteiger partial charge >= 0.3 is 0 Å². The number of aryl methyl sites for hydroxylation is 2. The Bertz CT molecular complexity index is 848. The predicted molar refractivity (Wildman–Crippen MR) is 94.2 cm³/mol. The number of amides is 2. The molecule has 0 radical (unpaired) electrons. The Labute approximate surface area is 145 Å². The molecule has 0 aromatic heterocycles. The first-order valence-corrected chi connectivity index (χ1v) is 7.81. The third kappa shape index (κ3) is 2.69. The van der Waals surface area contributed by atoms with Gasteiger partial charge in [0.15, 0.2) is 0 Å². The summed E-state index contributed by atoms with van der Waals surface area (Å²) >= 11 is 6.19. The average Bonchev–Trinajstić information content (AvgIpc) is 2.76. The SMILES string of the molecule is COc1ccc(C2=C(Cl)C(=O)N(c3cc(C)cc(C)c3)C2=O)cc1. The van der Waals surface area contributed by atoms with E-state index in [-0.39, 0.29) is 10.6 Å². The normalized spacial score (nSPS) is 14.6. The zero-order chi connectivity index (χ0) is 17.4. The number of anilines is 1. The van der Waals surface area contributed by atoms with Crippen molar-refractivity contribution in [1.29, 1.82) is 0 Å². The highest BCUT2D eigenvalue weighted by Crippen LogP contribution is 2.35. The van der Waals surface area contributed by atoms with Gasteiger partial charge in [-0.1, -0.05) is 29.8 Å². The molecule has 0 spiro atoms. The molecule has 2 aromatic carbocycles. The molecule has 3 rings (SSSR count). The van der Waals surface area contributed by atoms with Crippen LogP contribution in [-0.2, 0) is 9.59 Å². The molecule has 0 saturated heterocycles. The minimum absolute atomic E-state index is 0.0654. The Hall–Kier alpha value is -2.59. The highest BCUT2D eigenvalue weighted by atomic mass is 35.5. The molecule has 0 saturated carbocycles. The molecular formula is C19H16ClNO3. The Morgan fingerprint density at radius 2 is 1.50 bits per heavy atom. The fraction of sp³-hybridized carbons (Fsp3) is 0.158. The summed E-state index contributed by atoms with van der Waals surface area (Å²) in [7, 11) is 1.56. The molecule has 1 heterocycles. The van der Waals surface area contributed by atoms with E-state index in [1.54, 1.807) is 43.5 Å². The van der Waals surface area contributed by atoms with Crippen LogP contribution < -0.4 is 9.64 Å². The number of ether oxygens (including phenoxy) is 1. The van der Waals surface area contributed by atoms with Gasteiger partial charge in [-0.3, -0.25) is 9.59 Å². The standard InChI is InChI=1S/C19H16ClNO3/c1-11-8-12(2)10-14(9-11)21-18(22)16(17(20)19(21)23)13-4-6-15(24-3)7-5-13/h4-10H,1-3H3. The lowest BCUT2D eigenvalue weighted by Gasteiger charge is -2.16. The first-order chi connectivity index (χ1) is 11.4. The average molecular weight is 342 g/mol. The van der Waals surface area contributed by atoms with Crippen molar-refractivity contribution in [3.05, 3.63) is 64.2 Å². The molecule has 0 aliphatic carbocycles. The lowest BCUT2D eigenvalue weighted by Crippen LogP contribution is -2.31. The number of carbonyl (C=O) groups excluding carboxylic acids is 2. The van der Waals surface area contributed by atoms with Crippen molar-refractivity contribution >= 4 is 34.7 Å². The van der Waals surface area contributed by atoms with E-state index in [1.807, 2.05) is 19.9 Å². The van der Waals surface area contributed by atoms with E-state index in [4.69, 9.17) is 16.3 Å². The Balaban J connectivity index is 2.03. The number of nitrogens with zero attached hydrogens (tertiary/aromatic N) is 1. The summed E-state index contributed by atoms with van der Waals surface area (Å²) in [4.78, 5) is 26.5. The maximum Gasteiger partial charge on any atom is 0.277 e. The summed E-state index contributed by atoms with van der Waals surface area (Å²) in [5, 5.41) is -0.0654. The van der Waals surface area contributed by atoms with Gasteiger partial charge in [0, 0.05) is 0 Å². The molecule has 0 unspecified atom stereocenters. The molecule has 1 aliphatic rings. The molecule has 4 nitrogen and oxygen atoms in total. The van der Waals surface area contributed by atoms with Gasteiger partial charge in [0.2, 0.25) is 0 Å². The molecule has 0 fully saturated rings. The molecule has 0 atom stereocenters. The summed E-state index contributed by atoms with van der Waals surface area (Å²) in [6, 6.07) is 12.5. The summed E-state index contributed by atoms with van der Waals surface area (Å²) in [6.45, 7) is 3.84. The van der Waals surface area contributed by atoms with Gasteiger partial charge in [-0.2, -0.15) is 0 Å². The lowest BCUT2D eigenvalue weighted by molar-refractivity contribution is -0.119. The van der Waals surface area contributed by atoms with Crippen LogP contribution in [0.3, 0.4) is 0 Å². The van der Waals surface area contributed by atoms with E-state index in [0.29, 0.717) is 17.0 Å². The molecule has 0 bridgehead atoms. The third-order valence-electron chi connectivity index (χ3n) is 3.87. The lowest BCUT2D eigenvalue weighted by atomic mass is 10.1. The number of rotatable bonds is 3. The number of halogens is 1. The van der Waals surface area contributed by atoms with Crippen molar-refractivity contribution in [3.8, 4) is 5.75 Å². The Morgan fingerprint density at radius 1 is 0.917 bits per heavy atom. The van der Waals surface area contributed by atoms with Crippen LogP contribution in [0.5, 0.6) is 5.75 Å². The summed E-state index contributed by atoms with van der Waals surface area (Å²) in [5.41, 5.74) is 3.28. The maximum absolute atomic E-state index is 12.8. The largest absolute Gasteiger partial charge is 0.497 e. The smallest absolute Gasteiger partial charge is 0.277 e. The van der Waals surface area contributed by atoms with Crippen LogP contribution in [0.1, 0.15) is 16.7 Å². The van der Waals surface area contributed by atoms with Crippen LogP contribution in [-0.4, -0.2) is 18.9 Å². The first-order valence-electron chi connectivity index (χ1n) is 7.43. The molecule has 2 aromatic rings. The maximum atomic E-state index is 12.8. The van der Waals surface area contributed by atoms with E-state index >= 15 is 0 Å². The van der Waals surface area contributed by atoms with Gasteiger partial charge in [-0.05, 0) is 54.8 Å². The van der Waals surface area contributed by atoms with Gasteiger partial charge in [-0.25, -0.2) is 4.90 Å². The Morgan fingerprint density at radius 3 is 2.04 bits per heavy atom. The number of methoxy groups -OCH3 is 1. The predicted octanol–water partition coefficient (Wildman–Crippen LogP) is 3.84. The summed E-state index contributed by atoms with van der Waals surface area (Å²) in [6.07, 6.45) is 0. The van der Waals surface area contributed by atoms with Crippen molar-refractivity contribution in [2.24, 2.45) is 0 Å². The van der Waals surface area contributed by atoms with Crippen LogP contribution in [0.4, 0.5) is 5.69 Å². The Kier molecular flexibility index (Phi) is 4.16.